The summed E-state index contributed by atoms with van der Waals surface area (Å²) in [7, 11) is 2.20. The molecule has 1 atom stereocenters. The molecular formula is C24H34O9. The van der Waals surface area contributed by atoms with Crippen LogP contribution in [0.2, 0.25) is 0 Å². The summed E-state index contributed by atoms with van der Waals surface area (Å²) in [6, 6.07) is 0. The number of carbonyl (C=O) groups excluding carboxylic acids is 3. The molecule has 0 radical (unpaired) electrons. The molecule has 2 aliphatic heterocycles. The van der Waals surface area contributed by atoms with Crippen LogP contribution >= 0.6 is 0 Å². The van der Waals surface area contributed by atoms with Crippen molar-refractivity contribution in [2.75, 3.05) is 40.6 Å². The van der Waals surface area contributed by atoms with Crippen LogP contribution in [0.5, 0.6) is 0 Å². The summed E-state index contributed by atoms with van der Waals surface area (Å²) in [5, 5.41) is 0. The first-order chi connectivity index (χ1) is 15.7. The second-order valence-corrected chi connectivity index (χ2v) is 8.21. The smallest absolute Gasteiger partial charge is 0.331 e. The van der Waals surface area contributed by atoms with Gasteiger partial charge in [0.1, 0.15) is 0 Å². The zero-order chi connectivity index (χ0) is 24.5. The van der Waals surface area contributed by atoms with E-state index < -0.39 is 35.2 Å². The fourth-order valence-corrected chi connectivity index (χ4v) is 3.97. The molecule has 0 spiro atoms. The number of esters is 2. The molecular weight excluding hydrogens is 432 g/mol. The van der Waals surface area contributed by atoms with Crippen LogP contribution in [0.4, 0.5) is 0 Å². The molecule has 0 saturated carbocycles. The van der Waals surface area contributed by atoms with Gasteiger partial charge >= 0.3 is 11.9 Å². The maximum absolute atomic E-state index is 13.7. The number of methoxy groups -OCH3 is 2. The van der Waals surface area contributed by atoms with E-state index in [0.717, 1.165) is 27.1 Å². The largest absolute Gasteiger partial charge is 0.468 e. The van der Waals surface area contributed by atoms with Crippen LogP contribution in [0, 0.1) is 5.41 Å². The first kappa shape index (κ1) is 27.0. The summed E-state index contributed by atoms with van der Waals surface area (Å²) in [5.74, 6) is -3.75. The Morgan fingerprint density at radius 2 is 1.76 bits per heavy atom. The van der Waals surface area contributed by atoms with Gasteiger partial charge in [0.05, 0.1) is 39.6 Å². The minimum atomic E-state index is -2.26. The van der Waals surface area contributed by atoms with Gasteiger partial charge in [-0.1, -0.05) is 6.08 Å². The number of hydrogen-bond donors (Lipinski definition) is 0. The van der Waals surface area contributed by atoms with Crippen LogP contribution in [-0.2, 0) is 42.8 Å². The van der Waals surface area contributed by atoms with E-state index in [1.54, 1.807) is 13.8 Å². The second kappa shape index (κ2) is 12.3. The highest BCUT2D eigenvalue weighted by molar-refractivity contribution is 6.25. The van der Waals surface area contributed by atoms with Gasteiger partial charge in [0, 0.05) is 13.0 Å². The molecule has 9 nitrogen and oxygen atoms in total. The summed E-state index contributed by atoms with van der Waals surface area (Å²) in [4.78, 5) is 39.2. The maximum atomic E-state index is 13.7. The van der Waals surface area contributed by atoms with Crippen molar-refractivity contribution in [2.24, 2.45) is 5.41 Å². The Bertz CT molecular complexity index is 779. The van der Waals surface area contributed by atoms with E-state index in [1.165, 1.54) is 6.08 Å². The fourth-order valence-electron chi connectivity index (χ4n) is 3.97. The predicted molar refractivity (Wildman–Crippen MR) is 117 cm³/mol. The lowest BCUT2D eigenvalue weighted by atomic mass is 9.77. The van der Waals surface area contributed by atoms with Crippen LogP contribution < -0.4 is 0 Å². The van der Waals surface area contributed by atoms with E-state index in [9.17, 15) is 14.4 Å². The Kier molecular flexibility index (Phi) is 10.0. The molecule has 184 valence electrons. The molecule has 33 heavy (non-hydrogen) atoms. The molecule has 0 N–H and O–H groups in total. The van der Waals surface area contributed by atoms with Crippen LogP contribution in [0.3, 0.4) is 0 Å². The number of allylic oxidation sites excluding steroid dienone is 1. The first-order valence-corrected chi connectivity index (χ1v) is 11.0. The van der Waals surface area contributed by atoms with Gasteiger partial charge < -0.3 is 28.4 Å². The molecule has 2 aliphatic rings. The van der Waals surface area contributed by atoms with Gasteiger partial charge in [-0.25, -0.2) is 0 Å². The third kappa shape index (κ3) is 6.62. The lowest BCUT2D eigenvalue weighted by Gasteiger charge is -2.27. The summed E-state index contributed by atoms with van der Waals surface area (Å²) in [6.07, 6.45) is 3.37. The van der Waals surface area contributed by atoms with Gasteiger partial charge in [-0.05, 0) is 45.1 Å². The van der Waals surface area contributed by atoms with E-state index in [0.29, 0.717) is 38.2 Å². The van der Waals surface area contributed by atoms with Crippen LogP contribution in [0.1, 0.15) is 46.0 Å². The Hall–Kier alpha value is -2.29. The molecule has 0 bridgehead atoms. The molecule has 0 aromatic rings. The third-order valence-electron chi connectivity index (χ3n) is 5.58. The monoisotopic (exact) mass is 466 g/mol. The number of carbonyl (C=O) groups is 3. The summed E-state index contributed by atoms with van der Waals surface area (Å²) in [5.41, 5.74) is 1.38. The lowest BCUT2D eigenvalue weighted by molar-refractivity contribution is -0.172. The number of hydrogen-bond acceptors (Lipinski definition) is 9. The molecule has 2 rings (SSSR count). The summed E-state index contributed by atoms with van der Waals surface area (Å²) in [6.45, 7) is 8.42. The zero-order valence-electron chi connectivity index (χ0n) is 19.9. The van der Waals surface area contributed by atoms with Crippen molar-refractivity contribution in [3.63, 3.8) is 0 Å². The quantitative estimate of drug-likeness (QED) is 0.149. The van der Waals surface area contributed by atoms with E-state index >= 15 is 0 Å². The number of Topliss-reactive ketones (excluding diaryl/α,β-unsaturated/α-hetero) is 1. The third-order valence-corrected chi connectivity index (χ3v) is 5.58. The molecule has 1 unspecified atom stereocenters. The van der Waals surface area contributed by atoms with Crippen molar-refractivity contribution in [3.05, 3.63) is 29.5 Å². The molecule has 2 fully saturated rings. The number of ether oxygens (including phenoxy) is 6. The van der Waals surface area contributed by atoms with Gasteiger partial charge in [0.25, 0.3) is 0 Å². The number of ketones is 1. The SMILES string of the molecule is C=CCC(C(=O)OC)(C(=O)OC)C(=O)C(=C=C(C)CC1(C)OCCO1)COC1CCCCO1. The molecule has 2 heterocycles. The van der Waals surface area contributed by atoms with Gasteiger partial charge in [-0.15, -0.1) is 12.3 Å². The molecule has 9 heteroatoms. The topological polar surface area (TPSA) is 107 Å². The van der Waals surface area contributed by atoms with Crippen molar-refractivity contribution < 1.29 is 42.8 Å². The van der Waals surface area contributed by atoms with Crippen LogP contribution in [0.15, 0.2) is 29.5 Å². The normalized spacial score (nSPS) is 19.8. The molecule has 0 aromatic heterocycles. The van der Waals surface area contributed by atoms with E-state index in [2.05, 4.69) is 12.3 Å². The molecule has 2 saturated heterocycles. The highest BCUT2D eigenvalue weighted by atomic mass is 16.7. The van der Waals surface area contributed by atoms with E-state index in [1.807, 2.05) is 0 Å². The average Bonchev–Trinajstić information content (AvgIpc) is 3.24. The summed E-state index contributed by atoms with van der Waals surface area (Å²) < 4.78 is 32.3. The minimum Gasteiger partial charge on any atom is -0.468 e. The maximum Gasteiger partial charge on any atom is 0.331 e. The van der Waals surface area contributed by atoms with E-state index in [4.69, 9.17) is 28.4 Å². The van der Waals surface area contributed by atoms with Crippen LogP contribution in [-0.4, -0.2) is 70.4 Å². The molecule has 0 aliphatic carbocycles. The van der Waals surface area contributed by atoms with Crippen molar-refractivity contribution in [3.8, 4) is 0 Å². The second-order valence-electron chi connectivity index (χ2n) is 8.21. The number of rotatable bonds is 11. The Balaban J connectivity index is 2.48. The standard InChI is InChI=1S/C24H34O9/c1-6-10-24(21(26)28-4,22(27)29-5)20(25)18(16-31-19-9-7-8-11-30-19)14-17(2)15-23(3)32-12-13-33-23/h6,19H,1,7-13,15-16H2,2-5H3. The Labute approximate surface area is 194 Å². The lowest BCUT2D eigenvalue weighted by Crippen LogP contribution is -2.48. The van der Waals surface area contributed by atoms with Gasteiger partial charge in [0.2, 0.25) is 5.41 Å². The highest BCUT2D eigenvalue weighted by Crippen LogP contribution is 2.32. The zero-order valence-corrected chi connectivity index (χ0v) is 19.9. The van der Waals surface area contributed by atoms with E-state index in [-0.39, 0.29) is 18.6 Å². The fraction of sp³-hybridized carbons (Fsp3) is 0.667. The molecule has 0 aromatic carbocycles. The van der Waals surface area contributed by atoms with Crippen molar-refractivity contribution in [1.29, 1.82) is 0 Å². The Morgan fingerprint density at radius 1 is 1.12 bits per heavy atom. The highest BCUT2D eigenvalue weighted by Gasteiger charge is 2.55. The van der Waals surface area contributed by atoms with Gasteiger partial charge in [0.15, 0.2) is 17.9 Å². The Morgan fingerprint density at radius 3 is 2.27 bits per heavy atom. The van der Waals surface area contributed by atoms with Crippen LogP contribution in [0.25, 0.3) is 0 Å². The summed E-state index contributed by atoms with van der Waals surface area (Å²) >= 11 is 0. The van der Waals surface area contributed by atoms with Crippen molar-refractivity contribution in [2.45, 2.75) is 58.0 Å². The molecule has 0 amide bonds. The van der Waals surface area contributed by atoms with Crippen molar-refractivity contribution in [1.82, 2.24) is 0 Å². The van der Waals surface area contributed by atoms with Gasteiger partial charge in [-0.3, -0.25) is 14.4 Å². The minimum absolute atomic E-state index is 0.0130. The predicted octanol–water partition coefficient (Wildman–Crippen LogP) is 2.63. The van der Waals surface area contributed by atoms with Gasteiger partial charge in [-0.2, -0.15) is 0 Å². The first-order valence-electron chi connectivity index (χ1n) is 11.0. The average molecular weight is 467 g/mol. The van der Waals surface area contributed by atoms with Crippen molar-refractivity contribution >= 4 is 17.7 Å².